The van der Waals surface area contributed by atoms with Crippen LogP contribution in [0.4, 0.5) is 10.5 Å². The van der Waals surface area contributed by atoms with Gasteiger partial charge in [-0.1, -0.05) is 0 Å². The maximum atomic E-state index is 13.3. The highest BCUT2D eigenvalue weighted by Gasteiger charge is 2.39. The van der Waals surface area contributed by atoms with Gasteiger partial charge >= 0.3 is 6.09 Å². The molecule has 1 unspecified atom stereocenters. The zero-order chi connectivity index (χ0) is 32.3. The topological polar surface area (TPSA) is 138 Å². The summed E-state index contributed by atoms with van der Waals surface area (Å²) in [6.07, 6.45) is 4.85. The van der Waals surface area contributed by atoms with Crippen molar-refractivity contribution >= 4 is 36.2 Å². The molecule has 244 valence electrons. The smallest absolute Gasteiger partial charge is 0.407 e. The quantitative estimate of drug-likeness (QED) is 0.253. The van der Waals surface area contributed by atoms with Crippen molar-refractivity contribution in [2.24, 2.45) is 0 Å². The molecule has 1 aromatic carbocycles. The molecule has 12 heteroatoms. The predicted octanol–water partition coefficient (Wildman–Crippen LogP) is 2.64. The van der Waals surface area contributed by atoms with Gasteiger partial charge in [-0.25, -0.2) is 4.79 Å². The normalized spacial score (nSPS) is 17.4. The molecule has 2 heterocycles. The maximum Gasteiger partial charge on any atom is 0.407 e. The first-order valence-corrected chi connectivity index (χ1v) is 15.5. The highest BCUT2D eigenvalue weighted by molar-refractivity contribution is 6.03. The van der Waals surface area contributed by atoms with Gasteiger partial charge in [0, 0.05) is 64.5 Å². The van der Waals surface area contributed by atoms with E-state index in [1.165, 1.54) is 19.0 Å². The van der Waals surface area contributed by atoms with Crippen LogP contribution < -0.4 is 15.5 Å². The number of piperidine rings is 1. The van der Waals surface area contributed by atoms with Crippen LogP contribution in [0.3, 0.4) is 0 Å². The number of ether oxygens (including phenoxy) is 2. The van der Waals surface area contributed by atoms with E-state index in [4.69, 9.17) is 9.47 Å². The molecule has 2 fully saturated rings. The number of alkyl carbamates (subject to hydrolysis) is 1. The molecular formula is C32H49N5O7. The van der Waals surface area contributed by atoms with E-state index in [9.17, 15) is 24.0 Å². The third-order valence-electron chi connectivity index (χ3n) is 8.22. The average Bonchev–Trinajstić information content (AvgIpc) is 2.99. The third kappa shape index (κ3) is 9.75. The average molecular weight is 616 g/mol. The van der Waals surface area contributed by atoms with E-state index in [0.29, 0.717) is 25.7 Å². The van der Waals surface area contributed by atoms with Gasteiger partial charge in [-0.3, -0.25) is 19.3 Å². The number of likely N-dealkylation sites (N-methyl/N-ethyl adjacent to an activating group) is 2. The number of amides is 3. The minimum Gasteiger partial charge on any atom is -0.444 e. The van der Waals surface area contributed by atoms with Gasteiger partial charge in [0.15, 0.2) is 6.29 Å². The van der Waals surface area contributed by atoms with Crippen molar-refractivity contribution in [1.29, 1.82) is 0 Å². The maximum absolute atomic E-state index is 13.3. The van der Waals surface area contributed by atoms with Crippen molar-refractivity contribution < 1.29 is 33.4 Å². The second kappa shape index (κ2) is 16.0. The lowest BCUT2D eigenvalue weighted by Gasteiger charge is -2.48. The second-order valence-electron chi connectivity index (χ2n) is 12.6. The summed E-state index contributed by atoms with van der Waals surface area (Å²) >= 11 is 0. The van der Waals surface area contributed by atoms with Crippen LogP contribution in [-0.4, -0.2) is 117 Å². The highest BCUT2D eigenvalue weighted by Crippen LogP contribution is 2.33. The van der Waals surface area contributed by atoms with Gasteiger partial charge in [0.05, 0.1) is 17.8 Å². The monoisotopic (exact) mass is 615 g/mol. The van der Waals surface area contributed by atoms with Crippen molar-refractivity contribution in [3.05, 3.63) is 29.3 Å². The Labute approximate surface area is 260 Å². The fraction of sp³-hybridized carbons (Fsp3) is 0.656. The van der Waals surface area contributed by atoms with Crippen LogP contribution in [0.5, 0.6) is 0 Å². The van der Waals surface area contributed by atoms with Crippen molar-refractivity contribution in [3.8, 4) is 0 Å². The molecule has 2 saturated heterocycles. The molecule has 12 nitrogen and oxygen atoms in total. The van der Waals surface area contributed by atoms with Gasteiger partial charge in [0.1, 0.15) is 17.9 Å². The number of aldehydes is 2. The molecule has 3 amide bonds. The molecule has 44 heavy (non-hydrogen) atoms. The van der Waals surface area contributed by atoms with E-state index in [0.717, 1.165) is 64.1 Å². The van der Waals surface area contributed by atoms with Gasteiger partial charge in [-0.05, 0) is 77.6 Å². The van der Waals surface area contributed by atoms with Crippen LogP contribution in [0, 0.1) is 0 Å². The number of nitrogens with zero attached hydrogens (tertiary/aromatic N) is 3. The third-order valence-corrected chi connectivity index (χ3v) is 8.22. The van der Waals surface area contributed by atoms with Crippen LogP contribution in [-0.2, 0) is 19.1 Å². The number of hydrogen-bond donors (Lipinski definition) is 2. The number of carbonyl (C=O) groups excluding carboxylic acids is 5. The Morgan fingerprint density at radius 2 is 1.86 bits per heavy atom. The van der Waals surface area contributed by atoms with Crippen molar-refractivity contribution in [1.82, 2.24) is 20.4 Å². The van der Waals surface area contributed by atoms with Crippen molar-refractivity contribution in [2.75, 3.05) is 64.9 Å². The molecule has 0 aliphatic carbocycles. The molecule has 3 rings (SSSR count). The fourth-order valence-corrected chi connectivity index (χ4v) is 5.82. The Hall–Kier alpha value is -3.51. The van der Waals surface area contributed by atoms with Crippen molar-refractivity contribution in [3.63, 3.8) is 0 Å². The number of nitrogens with one attached hydrogen (secondary N) is 2. The van der Waals surface area contributed by atoms with E-state index < -0.39 is 17.6 Å². The summed E-state index contributed by atoms with van der Waals surface area (Å²) < 4.78 is 11.6. The lowest BCUT2D eigenvalue weighted by Crippen LogP contribution is -2.57. The second-order valence-corrected chi connectivity index (χ2v) is 12.6. The van der Waals surface area contributed by atoms with Crippen molar-refractivity contribution in [2.45, 2.75) is 76.5 Å². The molecule has 1 aromatic rings. The minimum atomic E-state index is -0.820. The molecule has 0 bridgehead atoms. The predicted molar refractivity (Wildman–Crippen MR) is 167 cm³/mol. The zero-order valence-corrected chi connectivity index (χ0v) is 26.9. The van der Waals surface area contributed by atoms with E-state index in [-0.39, 0.29) is 41.6 Å². The first-order chi connectivity index (χ1) is 20.9. The number of carbonyl (C=O) groups is 5. The molecular weight excluding hydrogens is 566 g/mol. The lowest BCUT2D eigenvalue weighted by atomic mass is 9.88. The van der Waals surface area contributed by atoms with Gasteiger partial charge in [-0.2, -0.15) is 0 Å². The molecule has 0 radical (unpaired) electrons. The molecule has 2 aliphatic heterocycles. The SMILES string of the molecule is CNC(=O)C(CCC=O)N(C)C(=O)c1ccc(N2CCC3(CC2)CN(CCCCNC(=O)OC(C)(C)C)CCO3)cc1C=O. The van der Waals surface area contributed by atoms with Crippen LogP contribution in [0.1, 0.15) is 80.0 Å². The Kier molecular flexibility index (Phi) is 12.7. The van der Waals surface area contributed by atoms with Crippen LogP contribution in [0.25, 0.3) is 0 Å². The summed E-state index contributed by atoms with van der Waals surface area (Å²) in [7, 11) is 2.99. The van der Waals surface area contributed by atoms with Crippen LogP contribution >= 0.6 is 0 Å². The molecule has 0 saturated carbocycles. The molecule has 2 N–H and O–H groups in total. The first kappa shape index (κ1) is 35.0. The standard InChI is InChI=1S/C32H49N5O7/c1-31(2,3)44-30(42)34-14-6-7-15-36-18-20-43-32(23-36)12-16-37(17-13-32)25-10-11-26(24(21-25)22-39)29(41)35(5)27(9-8-19-38)28(40)33-4/h10-11,19,21-22,27H,6-9,12-18,20,23H2,1-5H3,(H,33,40)(H,34,42). The fourth-order valence-electron chi connectivity index (χ4n) is 5.82. The van der Waals surface area contributed by atoms with E-state index in [1.54, 1.807) is 12.1 Å². The van der Waals surface area contributed by atoms with E-state index in [1.807, 2.05) is 26.8 Å². The summed E-state index contributed by atoms with van der Waals surface area (Å²) in [4.78, 5) is 66.4. The van der Waals surface area contributed by atoms with Gasteiger partial charge in [0.2, 0.25) is 5.91 Å². The summed E-state index contributed by atoms with van der Waals surface area (Å²) in [6.45, 7) is 11.0. The highest BCUT2D eigenvalue weighted by atomic mass is 16.6. The number of hydrogen-bond acceptors (Lipinski definition) is 9. The van der Waals surface area contributed by atoms with Crippen LogP contribution in [0.2, 0.25) is 0 Å². The Morgan fingerprint density at radius 1 is 1.14 bits per heavy atom. The summed E-state index contributed by atoms with van der Waals surface area (Å²) in [6, 6.07) is 4.38. The summed E-state index contributed by atoms with van der Waals surface area (Å²) in [5.41, 5.74) is 0.607. The lowest BCUT2D eigenvalue weighted by molar-refractivity contribution is -0.125. The molecule has 1 spiro atoms. The van der Waals surface area contributed by atoms with E-state index >= 15 is 0 Å². The molecule has 1 atom stereocenters. The van der Waals surface area contributed by atoms with Crippen LogP contribution in [0.15, 0.2) is 18.2 Å². The number of anilines is 1. The van der Waals surface area contributed by atoms with Gasteiger partial charge < -0.3 is 34.7 Å². The van der Waals surface area contributed by atoms with Gasteiger partial charge in [0.25, 0.3) is 5.91 Å². The number of benzene rings is 1. The number of morpholine rings is 1. The molecule has 0 aromatic heterocycles. The summed E-state index contributed by atoms with van der Waals surface area (Å²) in [5, 5.41) is 5.35. The Bertz CT molecular complexity index is 1160. The molecule has 2 aliphatic rings. The Balaban J connectivity index is 1.54. The number of rotatable bonds is 13. The minimum absolute atomic E-state index is 0.139. The zero-order valence-electron chi connectivity index (χ0n) is 26.9. The largest absolute Gasteiger partial charge is 0.444 e. The van der Waals surface area contributed by atoms with E-state index in [2.05, 4.69) is 20.4 Å². The Morgan fingerprint density at radius 3 is 2.50 bits per heavy atom. The number of unbranched alkanes of at least 4 members (excludes halogenated alkanes) is 1. The summed E-state index contributed by atoms with van der Waals surface area (Å²) in [5.74, 6) is -0.819. The first-order valence-electron chi connectivity index (χ1n) is 15.5. The van der Waals surface area contributed by atoms with Gasteiger partial charge in [-0.15, -0.1) is 0 Å².